The van der Waals surface area contributed by atoms with E-state index in [2.05, 4.69) is 12.1 Å². The fraction of sp³-hybridized carbons (Fsp3) is 0.207. The number of hydrogen-bond donors (Lipinski definition) is 5. The highest BCUT2D eigenvalue weighted by Gasteiger charge is 2.64. The molecule has 0 aliphatic heterocycles. The molecule has 8 aromatic rings. The number of rotatable bonds is 17. The summed E-state index contributed by atoms with van der Waals surface area (Å²) in [5.41, 5.74) is 16.4. The molecule has 0 spiro atoms. The zero-order chi connectivity index (χ0) is 50.2. The number of nitrogens with two attached hydrogens (primary N) is 1. The SMILES string of the molecule is CCOC(=O)[C@@]1(Cc2ccc(OCc3cc(-c4ccccc4)nc4ccccc34)cc2)CC1C(=O)NO.NC(=O)[C@@]1(Cc2ccc(OCc3cc(-c4ccccc4)nc4ccccc34)cc2)CC1C(=O)NO. The van der Waals surface area contributed by atoms with Crippen LogP contribution in [0.2, 0.25) is 0 Å². The molecular weight excluding hydrogens is 911 g/mol. The van der Waals surface area contributed by atoms with Crippen LogP contribution in [0.4, 0.5) is 0 Å². The number of aromatic nitrogens is 2. The van der Waals surface area contributed by atoms with Crippen LogP contribution in [0.15, 0.2) is 170 Å². The van der Waals surface area contributed by atoms with Crippen LogP contribution in [0.25, 0.3) is 44.3 Å². The molecule has 0 bridgehead atoms. The number of nitrogens with zero attached hydrogens (tertiary/aromatic N) is 2. The van der Waals surface area contributed by atoms with Gasteiger partial charge in [0.15, 0.2) is 0 Å². The van der Waals surface area contributed by atoms with Crippen molar-refractivity contribution in [1.82, 2.24) is 20.9 Å². The minimum atomic E-state index is -0.959. The Hall–Kier alpha value is -8.46. The number of pyridine rings is 2. The highest BCUT2D eigenvalue weighted by Crippen LogP contribution is 2.56. The summed E-state index contributed by atoms with van der Waals surface area (Å²) >= 11 is 0. The van der Waals surface area contributed by atoms with E-state index in [9.17, 15) is 19.2 Å². The highest BCUT2D eigenvalue weighted by molar-refractivity contribution is 5.95. The third-order valence-electron chi connectivity index (χ3n) is 13.6. The molecular formula is C58H53N5O9. The number of para-hydroxylation sites is 2. The summed E-state index contributed by atoms with van der Waals surface area (Å²) in [6, 6.07) is 55.1. The maximum absolute atomic E-state index is 12.6. The Kier molecular flexibility index (Phi) is 14.3. The molecule has 2 unspecified atom stereocenters. The van der Waals surface area contributed by atoms with Gasteiger partial charge < -0.3 is 19.9 Å². The molecule has 2 fully saturated rings. The van der Waals surface area contributed by atoms with Crippen LogP contribution in [0.5, 0.6) is 11.5 Å². The van der Waals surface area contributed by atoms with Crippen molar-refractivity contribution in [3.8, 4) is 34.0 Å². The first-order valence-corrected chi connectivity index (χ1v) is 23.7. The fourth-order valence-corrected chi connectivity index (χ4v) is 9.48. The Balaban J connectivity index is 0.000000178. The molecule has 2 aliphatic rings. The van der Waals surface area contributed by atoms with Gasteiger partial charge in [0, 0.05) is 33.0 Å². The second-order valence-corrected chi connectivity index (χ2v) is 18.2. The molecule has 2 aliphatic carbocycles. The van der Waals surface area contributed by atoms with Gasteiger partial charge in [0.05, 0.1) is 51.7 Å². The van der Waals surface area contributed by atoms with Crippen LogP contribution < -0.4 is 26.2 Å². The number of amides is 3. The van der Waals surface area contributed by atoms with E-state index < -0.39 is 46.4 Å². The van der Waals surface area contributed by atoms with E-state index in [1.807, 2.05) is 158 Å². The van der Waals surface area contributed by atoms with Gasteiger partial charge in [0.2, 0.25) is 17.7 Å². The molecule has 6 N–H and O–H groups in total. The van der Waals surface area contributed by atoms with Gasteiger partial charge in [-0.15, -0.1) is 0 Å². The average molecular weight is 964 g/mol. The predicted octanol–water partition coefficient (Wildman–Crippen LogP) is 9.12. The second-order valence-electron chi connectivity index (χ2n) is 18.2. The average Bonchev–Trinajstić information content (AvgIpc) is 4.35. The quantitative estimate of drug-likeness (QED) is 0.0330. The van der Waals surface area contributed by atoms with Gasteiger partial charge in [-0.25, -0.2) is 20.9 Å². The third-order valence-corrected chi connectivity index (χ3v) is 13.6. The molecule has 10 rings (SSSR count). The minimum absolute atomic E-state index is 0.233. The zero-order valence-electron chi connectivity index (χ0n) is 39.5. The van der Waals surface area contributed by atoms with E-state index in [1.165, 1.54) is 0 Å². The van der Waals surface area contributed by atoms with Crippen LogP contribution >= 0.6 is 0 Å². The molecule has 0 radical (unpaired) electrons. The first kappa shape index (κ1) is 48.6. The molecule has 6 aromatic carbocycles. The summed E-state index contributed by atoms with van der Waals surface area (Å²) in [7, 11) is 0. The second kappa shape index (κ2) is 21.3. The Morgan fingerprint density at radius 1 is 0.569 bits per heavy atom. The normalized spacial score (nSPS) is 18.5. The number of ether oxygens (including phenoxy) is 3. The van der Waals surface area contributed by atoms with Crippen molar-refractivity contribution in [3.63, 3.8) is 0 Å². The monoisotopic (exact) mass is 963 g/mol. The Labute approximate surface area is 415 Å². The van der Waals surface area contributed by atoms with Gasteiger partial charge in [-0.1, -0.05) is 121 Å². The maximum atomic E-state index is 12.6. The number of benzene rings is 6. The molecule has 364 valence electrons. The zero-order valence-corrected chi connectivity index (χ0v) is 39.5. The fourth-order valence-electron chi connectivity index (χ4n) is 9.48. The Morgan fingerprint density at radius 2 is 0.972 bits per heavy atom. The van der Waals surface area contributed by atoms with Gasteiger partial charge in [0.25, 0.3) is 0 Å². The van der Waals surface area contributed by atoms with E-state index in [-0.39, 0.29) is 6.61 Å². The summed E-state index contributed by atoms with van der Waals surface area (Å²) in [6.07, 6.45) is 1.34. The van der Waals surface area contributed by atoms with Gasteiger partial charge >= 0.3 is 5.97 Å². The van der Waals surface area contributed by atoms with Crippen molar-refractivity contribution in [2.45, 2.75) is 45.8 Å². The van der Waals surface area contributed by atoms with E-state index in [0.717, 1.165) is 66.6 Å². The molecule has 14 nitrogen and oxygen atoms in total. The highest BCUT2D eigenvalue weighted by atomic mass is 16.5. The van der Waals surface area contributed by atoms with Crippen molar-refractivity contribution in [2.75, 3.05) is 6.61 Å². The van der Waals surface area contributed by atoms with Gasteiger partial charge in [-0.05, 0) is 92.3 Å². The number of esters is 1. The standard InChI is InChI=1S/C30H28N2O5.C28H25N3O4/c1-2-36-29(34)30(18-25(30)28(33)32-35)17-20-12-14-23(15-13-20)37-19-22-16-27(21-8-4-3-5-9-21)31-26-11-7-6-10-24(22)26;29-27(33)28(16-23(28)26(32)31-34)15-18-10-12-21(13-11-18)35-17-20-14-25(19-6-2-1-3-7-19)30-24-9-5-4-8-22(20)24/h3-16,25,35H,2,17-19H2,1H3,(H,32,33);1-14,23,34H,15-17H2,(H2,29,33)(H,31,32)/t25?,30-;23?,28-/m00/s1. The molecule has 3 amide bonds. The Bertz CT molecular complexity index is 3250. The van der Waals surface area contributed by atoms with Crippen molar-refractivity contribution < 1.29 is 43.8 Å². The van der Waals surface area contributed by atoms with E-state index in [1.54, 1.807) is 17.9 Å². The van der Waals surface area contributed by atoms with Crippen LogP contribution in [0.1, 0.15) is 42.0 Å². The minimum Gasteiger partial charge on any atom is -0.489 e. The summed E-state index contributed by atoms with van der Waals surface area (Å²) < 4.78 is 17.5. The number of hydrogen-bond acceptors (Lipinski definition) is 11. The molecule has 14 heteroatoms. The van der Waals surface area contributed by atoms with Crippen molar-refractivity contribution >= 4 is 45.5 Å². The van der Waals surface area contributed by atoms with E-state index >= 15 is 0 Å². The summed E-state index contributed by atoms with van der Waals surface area (Å²) in [5.74, 6) is -1.93. The van der Waals surface area contributed by atoms with Crippen LogP contribution in [0, 0.1) is 22.7 Å². The number of nitrogens with one attached hydrogen (secondary N) is 2. The van der Waals surface area contributed by atoms with Crippen LogP contribution in [0.3, 0.4) is 0 Å². The van der Waals surface area contributed by atoms with Gasteiger partial charge in [0.1, 0.15) is 24.7 Å². The topological polar surface area (TPSA) is 212 Å². The smallest absolute Gasteiger partial charge is 0.313 e. The van der Waals surface area contributed by atoms with Gasteiger partial charge in [-0.2, -0.15) is 0 Å². The number of primary amides is 1. The third kappa shape index (κ3) is 10.5. The predicted molar refractivity (Wildman–Crippen MR) is 270 cm³/mol. The molecule has 0 saturated heterocycles. The molecule has 2 saturated carbocycles. The maximum Gasteiger partial charge on any atom is 0.313 e. The number of carbonyl (C=O) groups is 4. The van der Waals surface area contributed by atoms with Crippen LogP contribution in [-0.2, 0) is 50.0 Å². The van der Waals surface area contributed by atoms with E-state index in [4.69, 9.17) is 40.3 Å². The number of hydroxylamine groups is 2. The molecule has 4 atom stereocenters. The molecule has 2 aromatic heterocycles. The Morgan fingerprint density at radius 3 is 1.40 bits per heavy atom. The summed E-state index contributed by atoms with van der Waals surface area (Å²) in [5, 5.41) is 20.0. The van der Waals surface area contributed by atoms with E-state index in [0.29, 0.717) is 50.4 Å². The lowest BCUT2D eigenvalue weighted by molar-refractivity contribution is -0.152. The molecule has 2 heterocycles. The molecule has 72 heavy (non-hydrogen) atoms. The number of carbonyl (C=O) groups excluding carboxylic acids is 4. The lowest BCUT2D eigenvalue weighted by Crippen LogP contribution is -2.33. The van der Waals surface area contributed by atoms with Gasteiger partial charge in [-0.3, -0.25) is 29.6 Å². The lowest BCUT2D eigenvalue weighted by atomic mass is 9.93. The summed E-state index contributed by atoms with van der Waals surface area (Å²) in [4.78, 5) is 58.0. The van der Waals surface area contributed by atoms with Crippen LogP contribution in [-0.4, -0.2) is 50.7 Å². The first-order valence-electron chi connectivity index (χ1n) is 23.7. The lowest BCUT2D eigenvalue weighted by Gasteiger charge is -2.16. The first-order chi connectivity index (χ1) is 35.0. The van der Waals surface area contributed by atoms with Crippen molar-refractivity contribution in [3.05, 3.63) is 192 Å². The largest absolute Gasteiger partial charge is 0.489 e. The van der Waals surface area contributed by atoms with Crippen molar-refractivity contribution in [2.24, 2.45) is 28.4 Å². The summed E-state index contributed by atoms with van der Waals surface area (Å²) in [6.45, 7) is 2.70. The van der Waals surface area contributed by atoms with Crippen molar-refractivity contribution in [1.29, 1.82) is 0 Å². The number of fused-ring (bicyclic) bond motifs is 2.